The van der Waals surface area contributed by atoms with E-state index < -0.39 is 0 Å². The Morgan fingerprint density at radius 3 is 2.76 bits per heavy atom. The predicted octanol–water partition coefficient (Wildman–Crippen LogP) is 2.39. The first-order valence-corrected chi connectivity index (χ1v) is 7.84. The van der Waals surface area contributed by atoms with Gasteiger partial charge in [0.2, 0.25) is 5.91 Å². The van der Waals surface area contributed by atoms with Gasteiger partial charge in [-0.2, -0.15) is 0 Å². The normalized spacial score (nSPS) is 15.0. The van der Waals surface area contributed by atoms with Crippen molar-refractivity contribution in [2.45, 2.75) is 6.54 Å². The molecule has 7 heteroatoms. The fraction of sp³-hybridized carbons (Fsp3) is 0.500. The van der Waals surface area contributed by atoms with E-state index in [0.29, 0.717) is 18.1 Å². The molecule has 4 nitrogen and oxygen atoms in total. The Balaban J connectivity index is 0.00000220. The van der Waals surface area contributed by atoms with Crippen LogP contribution in [0, 0.1) is 0 Å². The number of amides is 1. The van der Waals surface area contributed by atoms with Crippen LogP contribution in [0.5, 0.6) is 0 Å². The summed E-state index contributed by atoms with van der Waals surface area (Å²) in [6, 6.07) is 5.71. The number of rotatable bonds is 4. The molecule has 1 aliphatic rings. The number of halogens is 3. The zero-order valence-electron chi connectivity index (χ0n) is 11.9. The summed E-state index contributed by atoms with van der Waals surface area (Å²) in [6.07, 6.45) is 0. The zero-order valence-corrected chi connectivity index (χ0v) is 15.1. The third-order valence-corrected chi connectivity index (χ3v) is 4.33. The van der Waals surface area contributed by atoms with Crippen molar-refractivity contribution in [3.05, 3.63) is 33.3 Å². The molecule has 0 saturated carbocycles. The van der Waals surface area contributed by atoms with Crippen LogP contribution >= 0.6 is 39.9 Å². The Hall–Kier alpha value is -0.330. The average molecular weight is 397 g/mol. The molecule has 0 atom stereocenters. The van der Waals surface area contributed by atoms with E-state index in [1.165, 1.54) is 0 Å². The second-order valence-corrected chi connectivity index (χ2v) is 6.33. The van der Waals surface area contributed by atoms with E-state index >= 15 is 0 Å². The van der Waals surface area contributed by atoms with Gasteiger partial charge in [0, 0.05) is 42.2 Å². The second kappa shape index (κ2) is 8.96. The highest BCUT2D eigenvalue weighted by Gasteiger charge is 2.17. The molecule has 1 fully saturated rings. The van der Waals surface area contributed by atoms with Crippen LogP contribution in [0.15, 0.2) is 22.7 Å². The van der Waals surface area contributed by atoms with Crippen molar-refractivity contribution >= 4 is 45.8 Å². The van der Waals surface area contributed by atoms with Gasteiger partial charge in [0.25, 0.3) is 0 Å². The maximum atomic E-state index is 12.2. The monoisotopic (exact) mass is 395 g/mol. The van der Waals surface area contributed by atoms with Crippen LogP contribution in [0.1, 0.15) is 5.56 Å². The van der Waals surface area contributed by atoms with Crippen LogP contribution in [0.2, 0.25) is 5.02 Å². The molecule has 118 valence electrons. The lowest BCUT2D eigenvalue weighted by molar-refractivity contribution is -0.132. The Morgan fingerprint density at radius 1 is 1.43 bits per heavy atom. The van der Waals surface area contributed by atoms with Gasteiger partial charge in [-0.05, 0) is 30.8 Å². The average Bonchev–Trinajstić information content (AvgIpc) is 2.43. The molecule has 0 aliphatic carbocycles. The van der Waals surface area contributed by atoms with Gasteiger partial charge >= 0.3 is 0 Å². The van der Waals surface area contributed by atoms with Crippen LogP contribution in [0.25, 0.3) is 0 Å². The largest absolute Gasteiger partial charge is 0.339 e. The Bertz CT molecular complexity index is 481. The van der Waals surface area contributed by atoms with E-state index in [1.807, 2.05) is 35.0 Å². The molecule has 0 radical (unpaired) electrons. The Labute approximate surface area is 145 Å². The number of nitrogens with zero attached hydrogens (tertiary/aromatic N) is 2. The maximum Gasteiger partial charge on any atom is 0.236 e. The smallest absolute Gasteiger partial charge is 0.236 e. The van der Waals surface area contributed by atoms with Gasteiger partial charge in [-0.3, -0.25) is 9.69 Å². The minimum absolute atomic E-state index is 0. The van der Waals surface area contributed by atoms with Crippen molar-refractivity contribution in [2.24, 2.45) is 0 Å². The predicted molar refractivity (Wildman–Crippen MR) is 92.2 cm³/mol. The number of piperazine rings is 1. The first-order chi connectivity index (χ1) is 9.56. The number of likely N-dealkylation sites (N-methyl/N-ethyl adjacent to an activating group) is 1. The SMILES string of the molecule is CN(CC(=O)N1CCNCC1)Cc1cc(Cl)ccc1Br.Cl. The van der Waals surface area contributed by atoms with Crippen molar-refractivity contribution in [1.82, 2.24) is 15.1 Å². The molecular weight excluding hydrogens is 377 g/mol. The summed E-state index contributed by atoms with van der Waals surface area (Å²) in [4.78, 5) is 16.1. The van der Waals surface area contributed by atoms with Gasteiger partial charge in [0.15, 0.2) is 0 Å². The van der Waals surface area contributed by atoms with Gasteiger partial charge in [0.05, 0.1) is 6.54 Å². The van der Waals surface area contributed by atoms with Crippen molar-refractivity contribution in [3.8, 4) is 0 Å². The number of benzene rings is 1. The third kappa shape index (κ3) is 5.75. The lowest BCUT2D eigenvalue weighted by Crippen LogP contribution is -2.49. The summed E-state index contributed by atoms with van der Waals surface area (Å²) in [5.74, 6) is 0.187. The lowest BCUT2D eigenvalue weighted by Gasteiger charge is -2.29. The summed E-state index contributed by atoms with van der Waals surface area (Å²) >= 11 is 9.52. The Kier molecular flexibility index (Phi) is 7.98. The molecule has 1 amide bonds. The van der Waals surface area contributed by atoms with Gasteiger partial charge in [0.1, 0.15) is 0 Å². The molecule has 1 heterocycles. The molecule has 1 aromatic rings. The quantitative estimate of drug-likeness (QED) is 0.848. The molecule has 2 rings (SSSR count). The number of carbonyl (C=O) groups is 1. The first kappa shape index (κ1) is 18.7. The zero-order chi connectivity index (χ0) is 14.5. The minimum atomic E-state index is 0. The van der Waals surface area contributed by atoms with Crippen molar-refractivity contribution in [1.29, 1.82) is 0 Å². The molecule has 1 aliphatic heterocycles. The van der Waals surface area contributed by atoms with E-state index in [4.69, 9.17) is 11.6 Å². The molecule has 1 saturated heterocycles. The number of hydrogen-bond donors (Lipinski definition) is 1. The van der Waals surface area contributed by atoms with Gasteiger partial charge in [-0.15, -0.1) is 12.4 Å². The number of hydrogen-bond acceptors (Lipinski definition) is 3. The highest BCUT2D eigenvalue weighted by Crippen LogP contribution is 2.22. The topological polar surface area (TPSA) is 35.6 Å². The molecule has 0 spiro atoms. The molecule has 1 N–H and O–H groups in total. The van der Waals surface area contributed by atoms with E-state index in [1.54, 1.807) is 0 Å². The van der Waals surface area contributed by atoms with Gasteiger partial charge in [-0.25, -0.2) is 0 Å². The first-order valence-electron chi connectivity index (χ1n) is 6.67. The highest BCUT2D eigenvalue weighted by atomic mass is 79.9. The molecule has 1 aromatic carbocycles. The summed E-state index contributed by atoms with van der Waals surface area (Å²) in [7, 11) is 1.95. The van der Waals surface area contributed by atoms with Crippen LogP contribution in [-0.4, -0.2) is 55.5 Å². The summed E-state index contributed by atoms with van der Waals surface area (Å²) < 4.78 is 1.02. The fourth-order valence-corrected chi connectivity index (χ4v) is 2.82. The molecule has 0 aromatic heterocycles. The highest BCUT2D eigenvalue weighted by molar-refractivity contribution is 9.10. The number of carbonyl (C=O) groups excluding carboxylic acids is 1. The van der Waals surface area contributed by atoms with Crippen LogP contribution in [-0.2, 0) is 11.3 Å². The lowest BCUT2D eigenvalue weighted by atomic mass is 10.2. The maximum absolute atomic E-state index is 12.2. The van der Waals surface area contributed by atoms with Gasteiger partial charge < -0.3 is 10.2 Å². The van der Waals surface area contributed by atoms with E-state index in [9.17, 15) is 4.79 Å². The van der Waals surface area contributed by atoms with Crippen molar-refractivity contribution < 1.29 is 4.79 Å². The molecule has 0 bridgehead atoms. The van der Waals surface area contributed by atoms with Crippen LogP contribution in [0.4, 0.5) is 0 Å². The Morgan fingerprint density at radius 2 is 2.10 bits per heavy atom. The van der Waals surface area contributed by atoms with Gasteiger partial charge in [-0.1, -0.05) is 27.5 Å². The van der Waals surface area contributed by atoms with E-state index in [0.717, 1.165) is 36.2 Å². The molecule has 0 unspecified atom stereocenters. The van der Waals surface area contributed by atoms with E-state index in [-0.39, 0.29) is 18.3 Å². The molecule has 21 heavy (non-hydrogen) atoms. The second-order valence-electron chi connectivity index (χ2n) is 5.04. The molecular formula is C14H20BrCl2N3O. The van der Waals surface area contributed by atoms with Crippen LogP contribution in [0.3, 0.4) is 0 Å². The summed E-state index contributed by atoms with van der Waals surface area (Å²) in [6.45, 7) is 4.49. The minimum Gasteiger partial charge on any atom is -0.339 e. The van der Waals surface area contributed by atoms with Crippen LogP contribution < -0.4 is 5.32 Å². The summed E-state index contributed by atoms with van der Waals surface area (Å²) in [5.41, 5.74) is 1.09. The van der Waals surface area contributed by atoms with Crippen molar-refractivity contribution in [3.63, 3.8) is 0 Å². The van der Waals surface area contributed by atoms with E-state index in [2.05, 4.69) is 21.2 Å². The van der Waals surface area contributed by atoms with Crippen molar-refractivity contribution in [2.75, 3.05) is 39.8 Å². The summed E-state index contributed by atoms with van der Waals surface area (Å²) in [5, 5.41) is 3.96. The third-order valence-electron chi connectivity index (χ3n) is 3.32. The standard InChI is InChI=1S/C14H19BrClN3O.ClH/c1-18(9-11-8-12(16)2-3-13(11)15)10-14(20)19-6-4-17-5-7-19;/h2-3,8,17H,4-7,9-10H2,1H3;1H. The fourth-order valence-electron chi connectivity index (χ4n) is 2.26. The number of nitrogens with one attached hydrogen (secondary N) is 1.